The van der Waals surface area contributed by atoms with E-state index in [0.717, 1.165) is 18.5 Å². The second-order valence-electron chi connectivity index (χ2n) is 6.26. The van der Waals surface area contributed by atoms with Crippen molar-refractivity contribution in [3.8, 4) is 0 Å². The van der Waals surface area contributed by atoms with Gasteiger partial charge in [-0.3, -0.25) is 0 Å². The van der Waals surface area contributed by atoms with Crippen LogP contribution in [0.1, 0.15) is 55.8 Å². The summed E-state index contributed by atoms with van der Waals surface area (Å²) in [6.45, 7) is 1.11. The molecule has 1 aliphatic carbocycles. The van der Waals surface area contributed by atoms with Crippen LogP contribution >= 0.6 is 0 Å². The summed E-state index contributed by atoms with van der Waals surface area (Å²) in [5.41, 5.74) is 3.89. The molecule has 104 valence electrons. The Labute approximate surface area is 116 Å². The number of fused-ring (bicyclic) bond motifs is 1. The lowest BCUT2D eigenvalue weighted by atomic mass is 9.88. The largest absolute Gasteiger partial charge is 0.388 e. The van der Waals surface area contributed by atoms with E-state index in [1.807, 2.05) is 0 Å². The Hall–Kier alpha value is -1.02. The van der Waals surface area contributed by atoms with Gasteiger partial charge in [-0.15, -0.1) is 0 Å². The van der Waals surface area contributed by atoms with Crippen LogP contribution in [-0.2, 0) is 6.42 Å². The van der Waals surface area contributed by atoms with Gasteiger partial charge in [0, 0.05) is 19.3 Å². The zero-order chi connectivity index (χ0) is 13.2. The molecule has 1 N–H and O–H groups in total. The molecule has 1 aliphatic heterocycles. The second-order valence-corrected chi connectivity index (χ2v) is 6.26. The molecular weight excluding hydrogens is 234 g/mol. The fourth-order valence-electron chi connectivity index (χ4n) is 3.67. The highest BCUT2D eigenvalue weighted by Gasteiger charge is 2.24. The molecule has 2 nitrogen and oxygen atoms in total. The molecule has 2 aliphatic rings. The number of likely N-dealkylation sites (N-methyl/N-ethyl adjacent to an activating group) is 1. The summed E-state index contributed by atoms with van der Waals surface area (Å²) in [4.78, 5) is 2.30. The highest BCUT2D eigenvalue weighted by molar-refractivity contribution is 5.58. The SMILES string of the molecule is CN1CCc2cc(C(O)C3CCCCCC3)ccc21. The predicted octanol–water partition coefficient (Wildman–Crippen LogP) is 3.68. The monoisotopic (exact) mass is 259 g/mol. The van der Waals surface area contributed by atoms with Crippen molar-refractivity contribution in [2.75, 3.05) is 18.5 Å². The first-order valence-corrected chi connectivity index (χ1v) is 7.78. The van der Waals surface area contributed by atoms with Crippen molar-refractivity contribution >= 4 is 5.69 Å². The third-order valence-corrected chi connectivity index (χ3v) is 4.92. The summed E-state index contributed by atoms with van der Waals surface area (Å²) in [7, 11) is 2.15. The summed E-state index contributed by atoms with van der Waals surface area (Å²) >= 11 is 0. The highest BCUT2D eigenvalue weighted by atomic mass is 16.3. The Kier molecular flexibility index (Phi) is 3.79. The zero-order valence-corrected chi connectivity index (χ0v) is 11.9. The van der Waals surface area contributed by atoms with Crippen molar-refractivity contribution in [1.29, 1.82) is 0 Å². The van der Waals surface area contributed by atoms with Crippen LogP contribution in [0.2, 0.25) is 0 Å². The smallest absolute Gasteiger partial charge is 0.0818 e. The van der Waals surface area contributed by atoms with Crippen LogP contribution in [0.3, 0.4) is 0 Å². The Morgan fingerprint density at radius 2 is 1.89 bits per heavy atom. The van der Waals surface area contributed by atoms with Crippen LogP contribution in [0.15, 0.2) is 18.2 Å². The van der Waals surface area contributed by atoms with Gasteiger partial charge in [-0.05, 0) is 42.4 Å². The van der Waals surface area contributed by atoms with Gasteiger partial charge >= 0.3 is 0 Å². The molecule has 1 unspecified atom stereocenters. The number of hydrogen-bond donors (Lipinski definition) is 1. The van der Waals surface area contributed by atoms with Gasteiger partial charge in [-0.2, -0.15) is 0 Å². The Morgan fingerprint density at radius 3 is 2.63 bits per heavy atom. The minimum atomic E-state index is -0.255. The van der Waals surface area contributed by atoms with Crippen LogP contribution in [-0.4, -0.2) is 18.7 Å². The molecule has 0 bridgehead atoms. The molecule has 0 aromatic heterocycles. The topological polar surface area (TPSA) is 23.5 Å². The standard InChI is InChI=1S/C17H25NO/c1-18-11-10-14-12-15(8-9-16(14)18)17(19)13-6-4-2-3-5-7-13/h8-9,12-13,17,19H,2-7,10-11H2,1H3. The molecule has 0 radical (unpaired) electrons. The average Bonchev–Trinajstić information content (AvgIpc) is 2.67. The zero-order valence-electron chi connectivity index (χ0n) is 11.9. The van der Waals surface area contributed by atoms with Crippen LogP contribution < -0.4 is 4.90 Å². The van der Waals surface area contributed by atoms with E-state index >= 15 is 0 Å². The molecule has 2 heteroatoms. The summed E-state index contributed by atoms with van der Waals surface area (Å²) in [6, 6.07) is 6.57. The normalized spacial score (nSPS) is 22.1. The Balaban J connectivity index is 1.78. The van der Waals surface area contributed by atoms with Gasteiger partial charge in [-0.25, -0.2) is 0 Å². The predicted molar refractivity (Wildman–Crippen MR) is 79.6 cm³/mol. The number of hydrogen-bond acceptors (Lipinski definition) is 2. The minimum Gasteiger partial charge on any atom is -0.388 e. The number of anilines is 1. The maximum atomic E-state index is 10.7. The van der Waals surface area contributed by atoms with E-state index in [1.54, 1.807) is 0 Å². The molecular formula is C17H25NO. The van der Waals surface area contributed by atoms with Crippen LogP contribution in [0, 0.1) is 5.92 Å². The van der Waals surface area contributed by atoms with Crippen LogP contribution in [0.25, 0.3) is 0 Å². The molecule has 0 saturated heterocycles. The van der Waals surface area contributed by atoms with Crippen LogP contribution in [0.4, 0.5) is 5.69 Å². The first-order chi connectivity index (χ1) is 9.25. The Bertz CT molecular complexity index is 435. The quantitative estimate of drug-likeness (QED) is 0.819. The van der Waals surface area contributed by atoms with Crippen molar-refractivity contribution < 1.29 is 5.11 Å². The van der Waals surface area contributed by atoms with E-state index in [1.165, 1.54) is 49.8 Å². The highest BCUT2D eigenvalue weighted by Crippen LogP contribution is 2.36. The fourth-order valence-corrected chi connectivity index (χ4v) is 3.67. The summed E-state index contributed by atoms with van der Waals surface area (Å²) in [5, 5.41) is 10.7. The van der Waals surface area contributed by atoms with E-state index in [0.29, 0.717) is 5.92 Å². The molecule has 1 aromatic rings. The summed E-state index contributed by atoms with van der Waals surface area (Å²) < 4.78 is 0. The Morgan fingerprint density at radius 1 is 1.16 bits per heavy atom. The molecule has 0 amide bonds. The maximum Gasteiger partial charge on any atom is 0.0818 e. The van der Waals surface area contributed by atoms with Crippen molar-refractivity contribution in [3.05, 3.63) is 29.3 Å². The van der Waals surface area contributed by atoms with E-state index in [-0.39, 0.29) is 6.10 Å². The van der Waals surface area contributed by atoms with Crippen molar-refractivity contribution in [1.82, 2.24) is 0 Å². The summed E-state index contributed by atoms with van der Waals surface area (Å²) in [5.74, 6) is 0.472. The van der Waals surface area contributed by atoms with Gasteiger partial charge < -0.3 is 10.0 Å². The lowest BCUT2D eigenvalue weighted by Crippen LogP contribution is -2.13. The lowest BCUT2D eigenvalue weighted by molar-refractivity contribution is 0.0987. The minimum absolute atomic E-state index is 0.255. The lowest BCUT2D eigenvalue weighted by Gasteiger charge is -2.22. The molecule has 1 fully saturated rings. The van der Waals surface area contributed by atoms with Crippen LogP contribution in [0.5, 0.6) is 0 Å². The van der Waals surface area contributed by atoms with E-state index in [2.05, 4.69) is 30.1 Å². The summed E-state index contributed by atoms with van der Waals surface area (Å²) in [6.07, 6.45) is 8.52. The fraction of sp³-hybridized carbons (Fsp3) is 0.647. The van der Waals surface area contributed by atoms with E-state index < -0.39 is 0 Å². The molecule has 3 rings (SSSR count). The number of aliphatic hydroxyl groups is 1. The van der Waals surface area contributed by atoms with Crippen molar-refractivity contribution in [3.63, 3.8) is 0 Å². The number of benzene rings is 1. The molecule has 1 heterocycles. The van der Waals surface area contributed by atoms with Gasteiger partial charge in [0.25, 0.3) is 0 Å². The average molecular weight is 259 g/mol. The first kappa shape index (κ1) is 13.0. The van der Waals surface area contributed by atoms with E-state index in [9.17, 15) is 5.11 Å². The molecule has 19 heavy (non-hydrogen) atoms. The molecule has 1 aromatic carbocycles. The van der Waals surface area contributed by atoms with Gasteiger partial charge in [0.1, 0.15) is 0 Å². The number of nitrogens with zero attached hydrogens (tertiary/aromatic N) is 1. The van der Waals surface area contributed by atoms with Gasteiger partial charge in [-0.1, -0.05) is 37.8 Å². The van der Waals surface area contributed by atoms with Gasteiger partial charge in [0.15, 0.2) is 0 Å². The van der Waals surface area contributed by atoms with Crippen molar-refractivity contribution in [2.45, 2.75) is 51.0 Å². The third kappa shape index (κ3) is 2.64. The second kappa shape index (κ2) is 5.54. The number of rotatable bonds is 2. The number of aliphatic hydroxyl groups excluding tert-OH is 1. The van der Waals surface area contributed by atoms with Gasteiger partial charge in [0.05, 0.1) is 6.10 Å². The van der Waals surface area contributed by atoms with E-state index in [4.69, 9.17) is 0 Å². The maximum absolute atomic E-state index is 10.7. The third-order valence-electron chi connectivity index (χ3n) is 4.92. The molecule has 1 atom stereocenters. The molecule has 0 spiro atoms. The van der Waals surface area contributed by atoms with Crippen molar-refractivity contribution in [2.24, 2.45) is 5.92 Å². The molecule has 1 saturated carbocycles. The van der Waals surface area contributed by atoms with Gasteiger partial charge in [0.2, 0.25) is 0 Å². The first-order valence-electron chi connectivity index (χ1n) is 7.78.